The third kappa shape index (κ3) is 4.87. The lowest BCUT2D eigenvalue weighted by atomic mass is 9.95. The second kappa shape index (κ2) is 8.21. The Morgan fingerprint density at radius 1 is 1.05 bits per heavy atom. The highest BCUT2D eigenvalue weighted by molar-refractivity contribution is 5.42. The Hall–Kier alpha value is -1.02. The topological polar surface area (TPSA) is 35.2 Å². The molecule has 0 heterocycles. The van der Waals surface area contributed by atoms with Crippen molar-refractivity contribution in [3.8, 4) is 5.75 Å². The Balaban J connectivity index is 2.56. The van der Waals surface area contributed by atoms with Gasteiger partial charge in [0.2, 0.25) is 0 Å². The molecule has 1 unspecified atom stereocenters. The van der Waals surface area contributed by atoms with Crippen molar-refractivity contribution in [3.63, 3.8) is 0 Å². The Kier molecular flexibility index (Phi) is 6.93. The van der Waals surface area contributed by atoms with Gasteiger partial charge in [0.05, 0.1) is 7.11 Å². The van der Waals surface area contributed by atoms with Crippen molar-refractivity contribution in [2.75, 3.05) is 7.11 Å². The lowest BCUT2D eigenvalue weighted by Crippen LogP contribution is -2.12. The molecule has 0 fully saturated rings. The van der Waals surface area contributed by atoms with E-state index in [0.717, 1.165) is 12.2 Å². The maximum Gasteiger partial charge on any atom is 0.122 e. The monoisotopic (exact) mass is 263 g/mol. The van der Waals surface area contributed by atoms with E-state index in [1.165, 1.54) is 48.8 Å². The predicted molar refractivity (Wildman–Crippen MR) is 82.8 cm³/mol. The minimum Gasteiger partial charge on any atom is -0.496 e. The molecule has 0 aromatic heterocycles. The van der Waals surface area contributed by atoms with Crippen molar-refractivity contribution in [2.45, 2.75) is 65.3 Å². The predicted octanol–water partition coefficient (Wildman–Crippen LogP) is 4.67. The quantitative estimate of drug-likeness (QED) is 0.692. The summed E-state index contributed by atoms with van der Waals surface area (Å²) in [4.78, 5) is 0. The van der Waals surface area contributed by atoms with E-state index in [1.54, 1.807) is 7.11 Å². The standard InChI is InChI=1S/C17H29NO/c1-5-6-7-8-9-10-16(18)15-11-14(3)17(19-4)12-13(15)2/h11-12,16H,5-10,18H2,1-4H3. The lowest BCUT2D eigenvalue weighted by Gasteiger charge is -2.17. The highest BCUT2D eigenvalue weighted by Crippen LogP contribution is 2.28. The molecule has 0 radical (unpaired) electrons. The van der Waals surface area contributed by atoms with Crippen LogP contribution in [-0.4, -0.2) is 7.11 Å². The van der Waals surface area contributed by atoms with Crippen LogP contribution in [0.25, 0.3) is 0 Å². The number of benzene rings is 1. The maximum absolute atomic E-state index is 6.33. The lowest BCUT2D eigenvalue weighted by molar-refractivity contribution is 0.411. The van der Waals surface area contributed by atoms with Gasteiger partial charge in [-0.3, -0.25) is 0 Å². The van der Waals surface area contributed by atoms with Crippen LogP contribution in [0, 0.1) is 13.8 Å². The second-order valence-corrected chi connectivity index (χ2v) is 5.49. The van der Waals surface area contributed by atoms with Gasteiger partial charge in [-0.2, -0.15) is 0 Å². The number of aryl methyl sites for hydroxylation is 2. The summed E-state index contributed by atoms with van der Waals surface area (Å²) in [5, 5.41) is 0. The van der Waals surface area contributed by atoms with Gasteiger partial charge in [-0.05, 0) is 43.0 Å². The molecule has 1 rings (SSSR count). The maximum atomic E-state index is 6.33. The van der Waals surface area contributed by atoms with Crippen LogP contribution in [0.2, 0.25) is 0 Å². The summed E-state index contributed by atoms with van der Waals surface area (Å²) in [5.74, 6) is 0.955. The molecule has 0 saturated carbocycles. The minimum absolute atomic E-state index is 0.159. The van der Waals surface area contributed by atoms with Gasteiger partial charge in [-0.15, -0.1) is 0 Å². The summed E-state index contributed by atoms with van der Waals surface area (Å²) in [7, 11) is 1.72. The van der Waals surface area contributed by atoms with Crippen LogP contribution in [-0.2, 0) is 0 Å². The number of ether oxygens (including phenoxy) is 1. The van der Waals surface area contributed by atoms with Crippen LogP contribution < -0.4 is 10.5 Å². The largest absolute Gasteiger partial charge is 0.496 e. The van der Waals surface area contributed by atoms with E-state index in [1.807, 2.05) is 0 Å². The normalized spacial score (nSPS) is 12.5. The molecule has 0 amide bonds. The molecule has 1 aromatic rings. The van der Waals surface area contributed by atoms with Gasteiger partial charge in [-0.25, -0.2) is 0 Å². The fourth-order valence-electron chi connectivity index (χ4n) is 2.55. The molecule has 0 aliphatic heterocycles. The molecule has 0 aliphatic rings. The van der Waals surface area contributed by atoms with Crippen molar-refractivity contribution in [1.82, 2.24) is 0 Å². The van der Waals surface area contributed by atoms with Gasteiger partial charge in [0.15, 0.2) is 0 Å². The zero-order valence-electron chi connectivity index (χ0n) is 13.0. The van der Waals surface area contributed by atoms with Crippen molar-refractivity contribution in [1.29, 1.82) is 0 Å². The fraction of sp³-hybridized carbons (Fsp3) is 0.647. The smallest absolute Gasteiger partial charge is 0.122 e. The first-order chi connectivity index (χ1) is 9.10. The van der Waals surface area contributed by atoms with Gasteiger partial charge >= 0.3 is 0 Å². The highest BCUT2D eigenvalue weighted by atomic mass is 16.5. The fourth-order valence-corrected chi connectivity index (χ4v) is 2.55. The molecule has 19 heavy (non-hydrogen) atoms. The van der Waals surface area contributed by atoms with Crippen LogP contribution in [0.15, 0.2) is 12.1 Å². The molecule has 2 nitrogen and oxygen atoms in total. The Morgan fingerprint density at radius 2 is 1.74 bits per heavy atom. The van der Waals surface area contributed by atoms with Crippen LogP contribution in [0.3, 0.4) is 0 Å². The zero-order valence-corrected chi connectivity index (χ0v) is 13.0. The molecule has 108 valence electrons. The van der Waals surface area contributed by atoms with E-state index in [-0.39, 0.29) is 6.04 Å². The third-order valence-corrected chi connectivity index (χ3v) is 3.80. The third-order valence-electron chi connectivity index (χ3n) is 3.80. The molecule has 1 atom stereocenters. The molecular weight excluding hydrogens is 234 g/mol. The van der Waals surface area contributed by atoms with E-state index in [2.05, 4.69) is 32.9 Å². The Bertz CT molecular complexity index is 387. The average Bonchev–Trinajstić information content (AvgIpc) is 2.40. The molecule has 1 aromatic carbocycles. The molecule has 2 N–H and O–H groups in total. The first-order valence-electron chi connectivity index (χ1n) is 7.50. The SMILES string of the molecule is CCCCCCCC(N)c1cc(C)c(OC)cc1C. The Morgan fingerprint density at radius 3 is 2.37 bits per heavy atom. The van der Waals surface area contributed by atoms with E-state index < -0.39 is 0 Å². The van der Waals surface area contributed by atoms with Gasteiger partial charge in [0.1, 0.15) is 5.75 Å². The molecular formula is C17H29NO. The number of unbranched alkanes of at least 4 members (excludes halogenated alkanes) is 4. The molecule has 0 bridgehead atoms. The summed E-state index contributed by atoms with van der Waals surface area (Å²) in [6.07, 6.45) is 7.58. The van der Waals surface area contributed by atoms with Gasteiger partial charge in [-0.1, -0.05) is 45.1 Å². The van der Waals surface area contributed by atoms with Gasteiger partial charge < -0.3 is 10.5 Å². The van der Waals surface area contributed by atoms with E-state index in [0.29, 0.717) is 0 Å². The number of nitrogens with two attached hydrogens (primary N) is 1. The van der Waals surface area contributed by atoms with Crippen LogP contribution in [0.1, 0.15) is 68.2 Å². The number of hydrogen-bond acceptors (Lipinski definition) is 2. The minimum atomic E-state index is 0.159. The summed E-state index contributed by atoms with van der Waals surface area (Å²) in [5.41, 5.74) is 10.0. The molecule has 0 spiro atoms. The summed E-state index contributed by atoms with van der Waals surface area (Å²) >= 11 is 0. The van der Waals surface area contributed by atoms with Crippen LogP contribution in [0.5, 0.6) is 5.75 Å². The summed E-state index contributed by atoms with van der Waals surface area (Å²) in [6.45, 7) is 6.44. The number of rotatable bonds is 8. The second-order valence-electron chi connectivity index (χ2n) is 5.49. The number of methoxy groups -OCH3 is 1. The van der Waals surface area contributed by atoms with Gasteiger partial charge in [0.25, 0.3) is 0 Å². The highest BCUT2D eigenvalue weighted by Gasteiger charge is 2.11. The average molecular weight is 263 g/mol. The van der Waals surface area contributed by atoms with Crippen molar-refractivity contribution < 1.29 is 4.74 Å². The van der Waals surface area contributed by atoms with Crippen molar-refractivity contribution in [3.05, 3.63) is 28.8 Å². The summed E-state index contributed by atoms with van der Waals surface area (Å²) in [6, 6.07) is 4.44. The van der Waals surface area contributed by atoms with Crippen LogP contribution >= 0.6 is 0 Å². The van der Waals surface area contributed by atoms with E-state index in [4.69, 9.17) is 10.5 Å². The molecule has 2 heteroatoms. The number of hydrogen-bond donors (Lipinski definition) is 1. The Labute approximate surface area is 118 Å². The zero-order chi connectivity index (χ0) is 14.3. The first kappa shape index (κ1) is 16.0. The van der Waals surface area contributed by atoms with Crippen molar-refractivity contribution >= 4 is 0 Å². The van der Waals surface area contributed by atoms with E-state index in [9.17, 15) is 0 Å². The van der Waals surface area contributed by atoms with Gasteiger partial charge in [0, 0.05) is 6.04 Å². The first-order valence-corrected chi connectivity index (χ1v) is 7.50. The molecule has 0 saturated heterocycles. The van der Waals surface area contributed by atoms with Crippen LogP contribution in [0.4, 0.5) is 0 Å². The summed E-state index contributed by atoms with van der Waals surface area (Å²) < 4.78 is 5.35. The van der Waals surface area contributed by atoms with E-state index >= 15 is 0 Å². The van der Waals surface area contributed by atoms with Crippen molar-refractivity contribution in [2.24, 2.45) is 5.73 Å². The molecule has 0 aliphatic carbocycles.